The molecule has 0 aliphatic carbocycles. The molecule has 2 fully saturated rings. The molecule has 0 bridgehead atoms. The normalized spacial score (nSPS) is 24.1. The molecule has 36 heavy (non-hydrogen) atoms. The number of fused-ring (bicyclic) bond motifs is 1. The third-order valence-corrected chi connectivity index (χ3v) is 8.33. The van der Waals surface area contributed by atoms with Gasteiger partial charge in [0.2, 0.25) is 5.91 Å². The number of β-lactam (4-membered cyclic amide) rings is 1. The van der Waals surface area contributed by atoms with Gasteiger partial charge in [-0.3, -0.25) is 14.4 Å². The van der Waals surface area contributed by atoms with E-state index >= 15 is 0 Å². The molecule has 4 rings (SSSR count). The van der Waals surface area contributed by atoms with Crippen LogP contribution in [0.1, 0.15) is 17.7 Å². The number of anilines is 1. The first-order valence-corrected chi connectivity index (χ1v) is 12.4. The number of nitrogens with one attached hydrogen (secondary N) is 1. The van der Waals surface area contributed by atoms with Crippen molar-refractivity contribution in [2.75, 3.05) is 18.0 Å². The summed E-state index contributed by atoms with van der Waals surface area (Å²) in [6.45, 7) is -0.300. The zero-order valence-corrected chi connectivity index (χ0v) is 22.7. The van der Waals surface area contributed by atoms with Crippen molar-refractivity contribution in [3.63, 3.8) is 0 Å². The molecule has 3 atom stereocenters. The molecular formula is C18H16F3N6NaO5S3. The molecule has 2 amide bonds. The molecule has 11 nitrogen and oxygen atoms in total. The molecule has 2 saturated heterocycles. The molecule has 2 aliphatic rings. The van der Waals surface area contributed by atoms with Gasteiger partial charge in [-0.1, -0.05) is 11.2 Å². The Bertz CT molecular complexity index is 1260. The predicted molar refractivity (Wildman–Crippen MR) is 122 cm³/mol. The van der Waals surface area contributed by atoms with Gasteiger partial charge < -0.3 is 27.7 Å². The van der Waals surface area contributed by atoms with E-state index in [0.29, 0.717) is 11.3 Å². The van der Waals surface area contributed by atoms with Gasteiger partial charge in [0.15, 0.2) is 16.5 Å². The molecule has 0 saturated carbocycles. The molecular weight excluding hydrogens is 556 g/mol. The summed E-state index contributed by atoms with van der Waals surface area (Å²) in [4.78, 5) is 45.4. The van der Waals surface area contributed by atoms with E-state index in [4.69, 9.17) is 5.73 Å². The number of thiazole rings is 2. The van der Waals surface area contributed by atoms with E-state index in [0.717, 1.165) is 40.8 Å². The van der Waals surface area contributed by atoms with Gasteiger partial charge in [-0.25, -0.2) is 9.97 Å². The first-order chi connectivity index (χ1) is 16.5. The number of aromatic nitrogens is 2. The monoisotopic (exact) mass is 572 g/mol. The number of carboxylic acids is 1. The van der Waals surface area contributed by atoms with Crippen molar-refractivity contribution in [3.05, 3.63) is 33.2 Å². The van der Waals surface area contributed by atoms with Gasteiger partial charge in [0.1, 0.15) is 22.5 Å². The Labute approximate surface area is 236 Å². The van der Waals surface area contributed by atoms with E-state index in [1.54, 1.807) is 0 Å². The second-order valence-corrected chi connectivity index (χ2v) is 10.4. The van der Waals surface area contributed by atoms with Crippen LogP contribution in [0.2, 0.25) is 0 Å². The topological polar surface area (TPSA) is 171 Å². The van der Waals surface area contributed by atoms with Crippen LogP contribution in [-0.2, 0) is 20.6 Å². The Morgan fingerprint density at radius 3 is 2.69 bits per heavy atom. The fraction of sp³-hybridized carbons (Fsp3) is 0.333. The van der Waals surface area contributed by atoms with Crippen molar-refractivity contribution in [1.82, 2.24) is 20.2 Å². The van der Waals surface area contributed by atoms with Crippen LogP contribution < -0.4 is 40.6 Å². The number of carboxylic acid groups (broad SMARTS) is 1. The Morgan fingerprint density at radius 1 is 1.39 bits per heavy atom. The quantitative estimate of drug-likeness (QED) is 0.108. The maximum atomic E-state index is 13.1. The van der Waals surface area contributed by atoms with Crippen LogP contribution in [0.4, 0.5) is 18.3 Å². The van der Waals surface area contributed by atoms with E-state index in [1.807, 2.05) is 0 Å². The van der Waals surface area contributed by atoms with E-state index in [-0.39, 0.29) is 59.0 Å². The molecule has 2 unspecified atom stereocenters. The van der Waals surface area contributed by atoms with Crippen molar-refractivity contribution >= 4 is 69.1 Å². The molecule has 0 radical (unpaired) electrons. The van der Waals surface area contributed by atoms with Gasteiger partial charge in [-0.2, -0.15) is 13.2 Å². The first-order valence-electron chi connectivity index (χ1n) is 9.56. The summed E-state index contributed by atoms with van der Waals surface area (Å²) in [5, 5.41) is 25.3. The van der Waals surface area contributed by atoms with Crippen LogP contribution in [0.3, 0.4) is 0 Å². The number of oxime groups is 1. The first kappa shape index (κ1) is 28.4. The molecule has 2 aromatic rings. The molecule has 2 aliphatic heterocycles. The van der Waals surface area contributed by atoms with Crippen LogP contribution in [0, 0.1) is 5.41 Å². The number of nitrogens with zero attached hydrogens (tertiary/aromatic N) is 4. The summed E-state index contributed by atoms with van der Waals surface area (Å²) >= 11 is 2.79. The van der Waals surface area contributed by atoms with Crippen molar-refractivity contribution in [2.24, 2.45) is 10.6 Å². The molecule has 0 spiro atoms. The predicted octanol–water partition coefficient (Wildman–Crippen LogP) is -1.32. The summed E-state index contributed by atoms with van der Waals surface area (Å²) in [6.07, 6.45) is -2.49. The number of halogens is 3. The smallest absolute Gasteiger partial charge is 1.00 e. The molecule has 4 heterocycles. The van der Waals surface area contributed by atoms with Crippen LogP contribution in [0.5, 0.6) is 0 Å². The number of nitrogen functional groups attached to an aromatic ring is 1. The fourth-order valence-corrected chi connectivity index (χ4v) is 6.30. The Hall–Kier alpha value is -2.18. The SMILES string of the molecule is Nc1nc(C(=NO)C(=O)NC2C(=O)N3CC(C=Cc4scnc4C(F)(F)F)(C(=O)O)CS[C@H]23)cs1.[H-].[Na+]. The van der Waals surface area contributed by atoms with Crippen LogP contribution >= 0.6 is 34.4 Å². The largest absolute Gasteiger partial charge is 1.00 e. The standard InChI is InChI=1S/C18H15F3N6O5S3.Na.H/c19-18(20,21)11-8(35-6-23-11)1-2-17(15(30)31)4-27-13(29)10(14(27)34-5-17)25-12(28)9(26-32)7-3-33-16(22)24-7;;/h1-3,6,10,14,32H,4-5H2,(H2,22,24)(H,25,28)(H,30,31);;/q;+1;-1/t10?,14-,17?;;/m1../s1. The van der Waals surface area contributed by atoms with Crippen molar-refractivity contribution in [2.45, 2.75) is 17.6 Å². The summed E-state index contributed by atoms with van der Waals surface area (Å²) in [5.41, 5.74) is 3.34. The number of carbonyl (C=O) groups excluding carboxylic acids is 2. The fourth-order valence-electron chi connectivity index (χ4n) is 3.54. The average molecular weight is 573 g/mol. The summed E-state index contributed by atoms with van der Waals surface area (Å²) in [5.74, 6) is -2.84. The van der Waals surface area contributed by atoms with Gasteiger partial charge in [0.25, 0.3) is 5.91 Å². The third-order valence-electron chi connectivity index (χ3n) is 5.31. The average Bonchev–Trinajstić information content (AvgIpc) is 3.45. The number of thioether (sulfide) groups is 1. The van der Waals surface area contributed by atoms with Crippen molar-refractivity contribution in [1.29, 1.82) is 0 Å². The number of aliphatic carboxylic acids is 1. The second kappa shape index (κ2) is 10.7. The number of amides is 2. The van der Waals surface area contributed by atoms with E-state index in [1.165, 1.54) is 10.3 Å². The molecule has 5 N–H and O–H groups in total. The van der Waals surface area contributed by atoms with Gasteiger partial charge in [0.05, 0.1) is 10.4 Å². The van der Waals surface area contributed by atoms with Gasteiger partial charge in [0, 0.05) is 17.7 Å². The van der Waals surface area contributed by atoms with Crippen LogP contribution in [0.15, 0.2) is 22.1 Å². The van der Waals surface area contributed by atoms with Gasteiger partial charge in [-0.05, 0) is 6.08 Å². The van der Waals surface area contributed by atoms with Gasteiger partial charge >= 0.3 is 41.7 Å². The van der Waals surface area contributed by atoms with Crippen molar-refractivity contribution in [3.8, 4) is 0 Å². The zero-order chi connectivity index (χ0) is 25.5. The number of hydrogen-bond acceptors (Lipinski definition) is 11. The zero-order valence-electron chi connectivity index (χ0n) is 19.2. The molecule has 0 aromatic carbocycles. The van der Waals surface area contributed by atoms with E-state index in [9.17, 15) is 37.9 Å². The number of rotatable bonds is 6. The van der Waals surface area contributed by atoms with Crippen LogP contribution in [0.25, 0.3) is 6.08 Å². The summed E-state index contributed by atoms with van der Waals surface area (Å²) < 4.78 is 39.2. The van der Waals surface area contributed by atoms with E-state index in [2.05, 4.69) is 20.4 Å². The third kappa shape index (κ3) is 5.26. The number of alkyl halides is 3. The Morgan fingerprint density at radius 2 is 2.11 bits per heavy atom. The molecule has 2 aromatic heterocycles. The van der Waals surface area contributed by atoms with E-state index < -0.39 is 52.2 Å². The minimum absolute atomic E-state index is 0. The Balaban J connectivity index is 0.00000241. The summed E-state index contributed by atoms with van der Waals surface area (Å²) in [7, 11) is 0. The Kier molecular flexibility index (Phi) is 8.41. The molecule has 188 valence electrons. The second-order valence-electron chi connectivity index (χ2n) is 7.50. The maximum Gasteiger partial charge on any atom is 1.00 e. The maximum absolute atomic E-state index is 13.1. The van der Waals surface area contributed by atoms with Gasteiger partial charge in [-0.15, -0.1) is 34.4 Å². The van der Waals surface area contributed by atoms with Crippen molar-refractivity contribution < 1.29 is 68.9 Å². The minimum atomic E-state index is -4.69. The van der Waals surface area contributed by atoms with Crippen LogP contribution in [-0.4, -0.2) is 72.4 Å². The number of hydrogen-bond donors (Lipinski definition) is 4. The molecule has 18 heteroatoms. The minimum Gasteiger partial charge on any atom is -1.00 e. The number of nitrogens with two attached hydrogens (primary N) is 1. The number of carbonyl (C=O) groups is 3. The summed E-state index contributed by atoms with van der Waals surface area (Å²) in [6, 6.07) is -1.02.